The van der Waals surface area contributed by atoms with Crippen molar-refractivity contribution in [1.82, 2.24) is 10.6 Å². The summed E-state index contributed by atoms with van der Waals surface area (Å²) in [5, 5.41) is 5.71. The van der Waals surface area contributed by atoms with Crippen molar-refractivity contribution in [2.75, 3.05) is 33.0 Å². The first-order chi connectivity index (χ1) is 14.1. The van der Waals surface area contributed by atoms with Gasteiger partial charge in [0.05, 0.1) is 26.4 Å². The number of amides is 2. The van der Waals surface area contributed by atoms with E-state index in [2.05, 4.69) is 10.6 Å². The van der Waals surface area contributed by atoms with Gasteiger partial charge in [-0.3, -0.25) is 14.4 Å². The van der Waals surface area contributed by atoms with Crippen LogP contribution in [0.5, 0.6) is 0 Å². The van der Waals surface area contributed by atoms with Crippen LogP contribution in [0, 0.1) is 5.92 Å². The number of Topliss-reactive ketones (excluding diaryl/α,β-unsaturated/α-hetero) is 1. The van der Waals surface area contributed by atoms with Crippen molar-refractivity contribution in [3.63, 3.8) is 0 Å². The van der Waals surface area contributed by atoms with Crippen LogP contribution in [0.1, 0.15) is 80.1 Å². The maximum atomic E-state index is 12.0. The Kier molecular flexibility index (Phi) is 21.8. The molecule has 7 nitrogen and oxygen atoms in total. The summed E-state index contributed by atoms with van der Waals surface area (Å²) in [6, 6.07) is 0.122. The first-order valence-corrected chi connectivity index (χ1v) is 11.3. The molecule has 2 N–H and O–H groups in total. The predicted octanol–water partition coefficient (Wildman–Crippen LogP) is 3.25. The Morgan fingerprint density at radius 2 is 1.45 bits per heavy atom. The number of carbonyl (C=O) groups is 3. The first-order valence-electron chi connectivity index (χ1n) is 11.3. The van der Waals surface area contributed by atoms with E-state index >= 15 is 0 Å². The van der Waals surface area contributed by atoms with Crippen LogP contribution in [0.2, 0.25) is 0 Å². The Morgan fingerprint density at radius 3 is 2.00 bits per heavy atom. The van der Waals surface area contributed by atoms with E-state index in [4.69, 9.17) is 9.47 Å². The highest BCUT2D eigenvalue weighted by Gasteiger charge is 2.27. The zero-order valence-electron chi connectivity index (χ0n) is 19.5. The van der Waals surface area contributed by atoms with Gasteiger partial charge in [-0.05, 0) is 32.6 Å². The molecule has 1 rings (SSSR count). The van der Waals surface area contributed by atoms with Gasteiger partial charge in [0.1, 0.15) is 0 Å². The SMILES string of the molecule is CC.CC.CCOCCOCCC(=O)NC1CCC(C(=O)NCC(=O)CC)CC1. The molecule has 29 heavy (non-hydrogen) atoms. The monoisotopic (exact) mass is 416 g/mol. The average Bonchev–Trinajstić information content (AvgIpc) is 2.77. The van der Waals surface area contributed by atoms with Gasteiger partial charge in [-0.25, -0.2) is 0 Å². The Morgan fingerprint density at radius 1 is 0.862 bits per heavy atom. The lowest BCUT2D eigenvalue weighted by molar-refractivity contribution is -0.128. The van der Waals surface area contributed by atoms with Gasteiger partial charge in [-0.15, -0.1) is 0 Å². The molecule has 0 spiro atoms. The van der Waals surface area contributed by atoms with Crippen molar-refractivity contribution in [3.05, 3.63) is 0 Å². The number of nitrogens with one attached hydrogen (secondary N) is 2. The van der Waals surface area contributed by atoms with E-state index in [0.717, 1.165) is 25.7 Å². The van der Waals surface area contributed by atoms with Crippen molar-refractivity contribution >= 4 is 17.6 Å². The van der Waals surface area contributed by atoms with E-state index < -0.39 is 0 Å². The molecule has 0 aliphatic heterocycles. The molecule has 1 fully saturated rings. The molecule has 0 unspecified atom stereocenters. The van der Waals surface area contributed by atoms with E-state index in [9.17, 15) is 14.4 Å². The van der Waals surface area contributed by atoms with Crippen LogP contribution in [0.15, 0.2) is 0 Å². The third-order valence-corrected chi connectivity index (χ3v) is 4.37. The number of hydrogen-bond acceptors (Lipinski definition) is 5. The Hall–Kier alpha value is -1.47. The molecule has 172 valence electrons. The van der Waals surface area contributed by atoms with Crippen molar-refractivity contribution in [1.29, 1.82) is 0 Å². The maximum Gasteiger partial charge on any atom is 0.223 e. The summed E-state index contributed by atoms with van der Waals surface area (Å²) in [7, 11) is 0. The van der Waals surface area contributed by atoms with E-state index in [1.54, 1.807) is 6.92 Å². The third-order valence-electron chi connectivity index (χ3n) is 4.37. The van der Waals surface area contributed by atoms with Crippen LogP contribution in [-0.2, 0) is 23.9 Å². The summed E-state index contributed by atoms with van der Waals surface area (Å²) in [6.07, 6.45) is 3.83. The van der Waals surface area contributed by atoms with Gasteiger partial charge in [0.2, 0.25) is 11.8 Å². The number of hydrogen-bond donors (Lipinski definition) is 2. The second kappa shape index (κ2) is 21.2. The van der Waals surface area contributed by atoms with Gasteiger partial charge in [0, 0.05) is 31.4 Å². The molecule has 1 aliphatic carbocycles. The summed E-state index contributed by atoms with van der Waals surface area (Å²) in [6.45, 7) is 13.9. The van der Waals surface area contributed by atoms with Crippen LogP contribution >= 0.6 is 0 Å². The van der Waals surface area contributed by atoms with Crippen molar-refractivity contribution < 1.29 is 23.9 Å². The van der Waals surface area contributed by atoms with E-state index in [1.807, 2.05) is 34.6 Å². The zero-order chi connectivity index (χ0) is 22.5. The summed E-state index contributed by atoms with van der Waals surface area (Å²) in [5.41, 5.74) is 0. The van der Waals surface area contributed by atoms with Crippen LogP contribution in [0.25, 0.3) is 0 Å². The van der Waals surface area contributed by atoms with E-state index in [0.29, 0.717) is 39.3 Å². The standard InChI is InChI=1S/C18H32N2O5.2C2H6/c1-3-16(21)13-19-18(23)14-5-7-15(8-6-14)20-17(22)9-10-25-12-11-24-4-2;2*1-2/h14-15H,3-13H2,1-2H3,(H,19,23)(H,20,22);2*1-2H3. The molecular weight excluding hydrogens is 372 g/mol. The van der Waals surface area contributed by atoms with Crippen LogP contribution in [0.4, 0.5) is 0 Å². The molecule has 0 saturated heterocycles. The van der Waals surface area contributed by atoms with Crippen LogP contribution in [-0.4, -0.2) is 56.6 Å². The lowest BCUT2D eigenvalue weighted by Crippen LogP contribution is -2.41. The normalized spacial score (nSPS) is 17.7. The third kappa shape index (κ3) is 16.1. The number of ether oxygens (including phenoxy) is 2. The lowest BCUT2D eigenvalue weighted by Gasteiger charge is -2.28. The van der Waals surface area contributed by atoms with E-state index in [-0.39, 0.29) is 36.1 Å². The Labute approximate surface area is 177 Å². The zero-order valence-corrected chi connectivity index (χ0v) is 19.5. The highest BCUT2D eigenvalue weighted by atomic mass is 16.5. The number of carbonyl (C=O) groups excluding carboxylic acids is 3. The smallest absolute Gasteiger partial charge is 0.223 e. The van der Waals surface area contributed by atoms with E-state index in [1.165, 1.54) is 0 Å². The first kappa shape index (κ1) is 29.7. The minimum absolute atomic E-state index is 0.0159. The summed E-state index contributed by atoms with van der Waals surface area (Å²) < 4.78 is 10.5. The summed E-state index contributed by atoms with van der Waals surface area (Å²) >= 11 is 0. The molecule has 0 bridgehead atoms. The molecule has 0 radical (unpaired) electrons. The fourth-order valence-electron chi connectivity index (χ4n) is 2.78. The fraction of sp³-hybridized carbons (Fsp3) is 0.864. The summed E-state index contributed by atoms with van der Waals surface area (Å²) in [4.78, 5) is 35.2. The fourth-order valence-corrected chi connectivity index (χ4v) is 2.78. The Balaban J connectivity index is 0. The highest BCUT2D eigenvalue weighted by Crippen LogP contribution is 2.24. The molecule has 0 aromatic heterocycles. The molecule has 2 amide bonds. The molecule has 1 aliphatic rings. The van der Waals surface area contributed by atoms with Gasteiger partial charge < -0.3 is 20.1 Å². The van der Waals surface area contributed by atoms with Crippen LogP contribution < -0.4 is 10.6 Å². The molecular formula is C22H44N2O5. The molecule has 0 heterocycles. The topological polar surface area (TPSA) is 93.7 Å². The van der Waals surface area contributed by atoms with Crippen molar-refractivity contribution in [3.8, 4) is 0 Å². The predicted molar refractivity (Wildman–Crippen MR) is 117 cm³/mol. The molecule has 0 atom stereocenters. The molecule has 1 saturated carbocycles. The largest absolute Gasteiger partial charge is 0.379 e. The second-order valence-corrected chi connectivity index (χ2v) is 6.29. The molecule has 0 aromatic rings. The minimum Gasteiger partial charge on any atom is -0.379 e. The molecule has 7 heteroatoms. The van der Waals surface area contributed by atoms with Gasteiger partial charge in [-0.2, -0.15) is 0 Å². The van der Waals surface area contributed by atoms with Crippen molar-refractivity contribution in [2.24, 2.45) is 5.92 Å². The van der Waals surface area contributed by atoms with Crippen molar-refractivity contribution in [2.45, 2.75) is 86.1 Å². The maximum absolute atomic E-state index is 12.0. The quantitative estimate of drug-likeness (QED) is 0.476. The summed E-state index contributed by atoms with van der Waals surface area (Å²) in [5.74, 6) is -0.0791. The van der Waals surface area contributed by atoms with Gasteiger partial charge >= 0.3 is 0 Å². The Bertz CT molecular complexity index is 421. The number of rotatable bonds is 12. The highest BCUT2D eigenvalue weighted by molar-refractivity contribution is 5.86. The molecule has 0 aromatic carbocycles. The average molecular weight is 417 g/mol. The number of ketones is 1. The van der Waals surface area contributed by atoms with Gasteiger partial charge in [-0.1, -0.05) is 34.6 Å². The van der Waals surface area contributed by atoms with Gasteiger partial charge in [0.15, 0.2) is 5.78 Å². The van der Waals surface area contributed by atoms with Crippen LogP contribution in [0.3, 0.4) is 0 Å². The minimum atomic E-state index is -0.0558. The lowest BCUT2D eigenvalue weighted by atomic mass is 9.85. The second-order valence-electron chi connectivity index (χ2n) is 6.29. The van der Waals surface area contributed by atoms with Gasteiger partial charge in [0.25, 0.3) is 0 Å².